The first-order valence-corrected chi connectivity index (χ1v) is 29.4. The number of unbranched alkanes of at least 4 members (excludes halogenated alkanes) is 1. The second-order valence-corrected chi connectivity index (χ2v) is 24.3. The molecular formula is C65H85N9O13. The highest BCUT2D eigenvalue weighted by Gasteiger charge is 2.36. The number of H-pyrrole nitrogens is 1. The van der Waals surface area contributed by atoms with Crippen LogP contribution in [0.5, 0.6) is 11.5 Å². The summed E-state index contributed by atoms with van der Waals surface area (Å²) in [6.45, 7) is 19.2. The maximum absolute atomic E-state index is 15.4. The molecule has 4 atom stereocenters. The molecule has 2 heterocycles. The van der Waals surface area contributed by atoms with Gasteiger partial charge in [0, 0.05) is 42.5 Å². The molecule has 1 aliphatic rings. The Balaban J connectivity index is 1.43. The van der Waals surface area contributed by atoms with Crippen LogP contribution in [0.2, 0.25) is 0 Å². The number of fused-ring (bicyclic) bond motifs is 5. The first-order chi connectivity index (χ1) is 41.1. The number of nitrogens with zero attached hydrogens (tertiary/aromatic N) is 2. The molecule has 0 radical (unpaired) electrons. The van der Waals surface area contributed by atoms with Gasteiger partial charge >= 0.3 is 18.3 Å². The number of nitrogens with one attached hydrogen (secondary N) is 7. The van der Waals surface area contributed by atoms with E-state index in [0.29, 0.717) is 16.7 Å². The lowest BCUT2D eigenvalue weighted by molar-refractivity contribution is -0.141. The fourth-order valence-electron chi connectivity index (χ4n) is 9.31. The molecule has 87 heavy (non-hydrogen) atoms. The molecule has 0 spiro atoms. The van der Waals surface area contributed by atoms with Crippen LogP contribution in [0.25, 0.3) is 22.3 Å². The van der Waals surface area contributed by atoms with Gasteiger partial charge < -0.3 is 65.5 Å². The molecule has 0 aliphatic carbocycles. The Morgan fingerprint density at radius 2 is 1.20 bits per heavy atom. The maximum Gasteiger partial charge on any atom is 0.407 e. The van der Waals surface area contributed by atoms with Crippen molar-refractivity contribution < 1.29 is 57.2 Å². The van der Waals surface area contributed by atoms with E-state index in [1.165, 1.54) is 36.7 Å². The number of aryl methyl sites for hydroxylation is 1. The molecular weight excluding hydrogens is 1110 g/mol. The molecule has 6 rings (SSSR count). The fraction of sp³-hybridized carbons (Fsp3) is 0.462. The molecule has 7 amide bonds. The summed E-state index contributed by atoms with van der Waals surface area (Å²) >= 11 is 0. The van der Waals surface area contributed by atoms with Crippen LogP contribution in [0, 0.1) is 0 Å². The van der Waals surface area contributed by atoms with Crippen LogP contribution in [0.15, 0.2) is 102 Å². The summed E-state index contributed by atoms with van der Waals surface area (Å²) in [5.74, 6) is -2.05. The van der Waals surface area contributed by atoms with E-state index in [2.05, 4.69) is 60.9 Å². The highest BCUT2D eigenvalue weighted by molar-refractivity contribution is 5.99. The van der Waals surface area contributed by atoms with Gasteiger partial charge in [0.1, 0.15) is 65.5 Å². The standard InChI is InChI=1S/C65H85N9O13/c1-13-14-16-41-18-21-43(22-19-41)44-23-25-45(26-24-44)57(77)71-49(17-15-31-67-60(80)85-63(3,4)5)59(79)74(12)54-46-27-29-52(84-36-34-69-62(82)87-65(9,10)11)48(39-46)47-37-42(20-28-51(47)83-35-33-68-61(81)86-64(6,7)8)38-50(55-66-32-30-53(75)73-55)72-56(76)40(2)70-58(54)78/h18-30,32,37,39-40,49-50,54H,13-17,31,33-36,38H2,1-12H3,(H,67,80)(H,68,81)(H,69,82)(H,70,78)(H,71,77)(H,72,76)(H,66,73,75)/t40-,49-,50-,54-/m0/s1. The van der Waals surface area contributed by atoms with Crippen LogP contribution in [0.3, 0.4) is 0 Å². The number of hydrogen-bond acceptors (Lipinski definition) is 14. The molecule has 0 unspecified atom stereocenters. The first kappa shape index (κ1) is 67.2. The van der Waals surface area contributed by atoms with Crippen LogP contribution >= 0.6 is 0 Å². The zero-order valence-corrected chi connectivity index (χ0v) is 52.0. The molecule has 5 aromatic rings. The van der Waals surface area contributed by atoms with E-state index in [4.69, 9.17) is 23.7 Å². The molecule has 468 valence electrons. The van der Waals surface area contributed by atoms with E-state index in [9.17, 15) is 28.8 Å². The van der Waals surface area contributed by atoms with Crippen LogP contribution in [-0.2, 0) is 41.4 Å². The third kappa shape index (κ3) is 21.2. The first-order valence-electron chi connectivity index (χ1n) is 29.4. The van der Waals surface area contributed by atoms with Gasteiger partial charge in [-0.3, -0.25) is 24.0 Å². The Labute approximate surface area is 509 Å². The largest absolute Gasteiger partial charge is 0.491 e. The predicted octanol–water partition coefficient (Wildman–Crippen LogP) is 8.77. The summed E-state index contributed by atoms with van der Waals surface area (Å²) < 4.78 is 29.1. The number of carbonyl (C=O) groups excluding carboxylic acids is 7. The molecule has 0 saturated carbocycles. The number of carbonyl (C=O) groups is 7. The molecule has 22 heteroatoms. The summed E-state index contributed by atoms with van der Waals surface area (Å²) in [6.07, 6.45) is 2.71. The Bertz CT molecular complexity index is 3260. The number of rotatable bonds is 21. The summed E-state index contributed by atoms with van der Waals surface area (Å²) in [5, 5.41) is 16.8. The number of likely N-dealkylation sites (N-methyl/N-ethyl adjacent to an activating group) is 1. The molecule has 1 aliphatic heterocycles. The van der Waals surface area contributed by atoms with Crippen molar-refractivity contribution >= 4 is 41.9 Å². The molecule has 22 nitrogen and oxygen atoms in total. The van der Waals surface area contributed by atoms with Gasteiger partial charge in [-0.1, -0.05) is 61.9 Å². The average molecular weight is 1200 g/mol. The van der Waals surface area contributed by atoms with Crippen molar-refractivity contribution in [1.29, 1.82) is 0 Å². The number of alkyl carbamates (subject to hydrolysis) is 3. The molecule has 4 aromatic carbocycles. The third-order valence-electron chi connectivity index (χ3n) is 13.4. The lowest BCUT2D eigenvalue weighted by Gasteiger charge is -2.33. The normalized spacial score (nSPS) is 15.7. The van der Waals surface area contributed by atoms with Crippen molar-refractivity contribution in [2.75, 3.05) is 39.9 Å². The summed E-state index contributed by atoms with van der Waals surface area (Å²) in [7, 11) is 1.41. The SMILES string of the molecule is CCCCc1ccc(-c2ccc(C(=O)N[C@@H](CCCNC(=O)OC(C)(C)C)C(=O)N(C)[C@@H]3C(=O)N[C@@H](C)C(=O)N[C@H](c4nccc(=O)[nH]4)Cc4ccc(OCCNC(=O)OC(C)(C)C)c(c4)-c4cc3ccc4OCCNC(=O)OC(C)(C)C)cc2)cc1. The van der Waals surface area contributed by atoms with Gasteiger partial charge in [0.2, 0.25) is 17.7 Å². The highest BCUT2D eigenvalue weighted by atomic mass is 16.6. The van der Waals surface area contributed by atoms with E-state index >= 15 is 9.59 Å². The van der Waals surface area contributed by atoms with E-state index in [-0.39, 0.29) is 80.6 Å². The molecule has 0 saturated heterocycles. The van der Waals surface area contributed by atoms with Crippen molar-refractivity contribution in [2.45, 2.75) is 156 Å². The van der Waals surface area contributed by atoms with Crippen molar-refractivity contribution in [3.63, 3.8) is 0 Å². The highest BCUT2D eigenvalue weighted by Crippen LogP contribution is 2.41. The van der Waals surface area contributed by atoms with Gasteiger partial charge in [0.15, 0.2) is 0 Å². The summed E-state index contributed by atoms with van der Waals surface area (Å²) in [4.78, 5) is 118. The minimum Gasteiger partial charge on any atom is -0.491 e. The zero-order chi connectivity index (χ0) is 63.6. The quantitative estimate of drug-likeness (QED) is 0.0267. The minimum atomic E-state index is -1.52. The summed E-state index contributed by atoms with van der Waals surface area (Å²) in [5.41, 5.74) is 2.18. The van der Waals surface area contributed by atoms with Crippen molar-refractivity contribution in [1.82, 2.24) is 46.8 Å². The van der Waals surface area contributed by atoms with E-state index in [0.717, 1.165) is 30.4 Å². The zero-order valence-electron chi connectivity index (χ0n) is 52.0. The van der Waals surface area contributed by atoms with Crippen molar-refractivity contribution in [2.24, 2.45) is 0 Å². The Hall–Kier alpha value is -8.95. The van der Waals surface area contributed by atoms with Gasteiger partial charge in [-0.05, 0) is 166 Å². The second kappa shape index (κ2) is 30.4. The lowest BCUT2D eigenvalue weighted by Crippen LogP contribution is -2.53. The van der Waals surface area contributed by atoms with Gasteiger partial charge in [0.05, 0.1) is 19.1 Å². The Kier molecular flexibility index (Phi) is 23.5. The van der Waals surface area contributed by atoms with Gasteiger partial charge in [-0.25, -0.2) is 19.4 Å². The molecule has 7 N–H and O–H groups in total. The van der Waals surface area contributed by atoms with Crippen LogP contribution < -0.4 is 46.9 Å². The lowest BCUT2D eigenvalue weighted by atomic mass is 9.93. The smallest absolute Gasteiger partial charge is 0.407 e. The van der Waals surface area contributed by atoms with Gasteiger partial charge in [0.25, 0.3) is 11.5 Å². The average Bonchev–Trinajstić information content (AvgIpc) is 0.940. The van der Waals surface area contributed by atoms with Crippen LogP contribution in [-0.4, -0.2) is 126 Å². The number of hydrogen-bond donors (Lipinski definition) is 7. The molecule has 1 aromatic heterocycles. The van der Waals surface area contributed by atoms with Gasteiger partial charge in [-0.15, -0.1) is 0 Å². The van der Waals surface area contributed by atoms with Crippen LogP contribution in [0.1, 0.15) is 147 Å². The third-order valence-corrected chi connectivity index (χ3v) is 13.4. The molecule has 0 fully saturated rings. The number of benzene rings is 4. The number of amides is 7. The number of aromatic nitrogens is 2. The Morgan fingerprint density at radius 1 is 0.655 bits per heavy atom. The van der Waals surface area contributed by atoms with Crippen molar-refractivity contribution in [3.8, 4) is 33.8 Å². The predicted molar refractivity (Wildman–Crippen MR) is 329 cm³/mol. The number of ether oxygens (including phenoxy) is 5. The van der Waals surface area contributed by atoms with Crippen LogP contribution in [0.4, 0.5) is 14.4 Å². The monoisotopic (exact) mass is 1200 g/mol. The Morgan fingerprint density at radius 3 is 1.75 bits per heavy atom. The fourth-order valence-corrected chi connectivity index (χ4v) is 9.31. The van der Waals surface area contributed by atoms with E-state index in [1.54, 1.807) is 111 Å². The van der Waals surface area contributed by atoms with Crippen molar-refractivity contribution in [3.05, 3.63) is 136 Å². The van der Waals surface area contributed by atoms with E-state index in [1.807, 2.05) is 24.3 Å². The van der Waals surface area contributed by atoms with E-state index < -0.39 is 88.4 Å². The second-order valence-electron chi connectivity index (χ2n) is 24.3. The molecule has 4 bridgehead atoms. The topological polar surface area (TPSA) is 287 Å². The van der Waals surface area contributed by atoms with Gasteiger partial charge in [-0.2, -0.15) is 0 Å². The number of aromatic amines is 1. The minimum absolute atomic E-state index is 0.0110. The maximum atomic E-state index is 15.4. The summed E-state index contributed by atoms with van der Waals surface area (Å²) in [6, 6.07) is 21.6.